The zero-order chi connectivity index (χ0) is 8.10. The van der Waals surface area contributed by atoms with Gasteiger partial charge in [0, 0.05) is 23.9 Å². The van der Waals surface area contributed by atoms with Gasteiger partial charge in [0.05, 0.1) is 0 Å². The second-order valence-electron chi connectivity index (χ2n) is 2.55. The molecular weight excluding hydrogens is 144 g/mol. The number of hydrogen-bond acceptors (Lipinski definition) is 2. The minimum absolute atomic E-state index is 0.0140. The smallest absolute Gasteiger partial charge is 0.220 e. The van der Waals surface area contributed by atoms with Gasteiger partial charge < -0.3 is 5.32 Å². The monoisotopic (exact) mass is 154 g/mol. The van der Waals surface area contributed by atoms with Crippen molar-refractivity contribution in [2.75, 3.05) is 6.54 Å². The Morgan fingerprint density at radius 2 is 2.45 bits per heavy atom. The minimum Gasteiger partial charge on any atom is -0.353 e. The second-order valence-corrected chi connectivity index (χ2v) is 2.55. The van der Waals surface area contributed by atoms with Crippen LogP contribution in [0.4, 0.5) is 0 Å². The predicted octanol–water partition coefficient (Wildman–Crippen LogP) is 0.965. The lowest BCUT2D eigenvalue weighted by molar-refractivity contribution is -0.121. The lowest BCUT2D eigenvalue weighted by Gasteiger charge is -1.98. The third-order valence-electron chi connectivity index (χ3n) is 1.44. The average Bonchev–Trinajstić information content (AvgIpc) is 2.72. The maximum absolute atomic E-state index is 10.9. The van der Waals surface area contributed by atoms with Crippen LogP contribution in [0.3, 0.4) is 0 Å². The summed E-state index contributed by atoms with van der Waals surface area (Å²) >= 11 is 0. The van der Waals surface area contributed by atoms with E-state index in [0.717, 1.165) is 12.8 Å². The van der Waals surface area contributed by atoms with Crippen LogP contribution in [0.2, 0.25) is 0 Å². The molecule has 0 unspecified atom stereocenters. The number of azide groups is 1. The zero-order valence-electron chi connectivity index (χ0n) is 6.16. The van der Waals surface area contributed by atoms with E-state index in [-0.39, 0.29) is 12.5 Å². The van der Waals surface area contributed by atoms with Crippen LogP contribution in [0.25, 0.3) is 10.4 Å². The molecule has 1 rings (SSSR count). The molecule has 1 N–H and O–H groups in total. The molecule has 1 saturated carbocycles. The Balaban J connectivity index is 2.04. The third-order valence-corrected chi connectivity index (χ3v) is 1.44. The molecule has 0 heterocycles. The summed E-state index contributed by atoms with van der Waals surface area (Å²) in [5.41, 5.74) is 7.90. The van der Waals surface area contributed by atoms with Crippen molar-refractivity contribution in [2.24, 2.45) is 5.11 Å². The number of amides is 1. The fourth-order valence-corrected chi connectivity index (χ4v) is 0.724. The first kappa shape index (κ1) is 7.88. The molecule has 1 aliphatic rings. The Hall–Kier alpha value is -1.22. The highest BCUT2D eigenvalue weighted by molar-refractivity contribution is 5.76. The zero-order valence-corrected chi connectivity index (χ0v) is 6.16. The Morgan fingerprint density at radius 3 is 3.00 bits per heavy atom. The van der Waals surface area contributed by atoms with Crippen molar-refractivity contribution in [3.8, 4) is 0 Å². The molecule has 1 fully saturated rings. The van der Waals surface area contributed by atoms with E-state index < -0.39 is 0 Å². The summed E-state index contributed by atoms with van der Waals surface area (Å²) in [7, 11) is 0. The van der Waals surface area contributed by atoms with Crippen molar-refractivity contribution in [1.82, 2.24) is 5.32 Å². The van der Waals surface area contributed by atoms with E-state index in [2.05, 4.69) is 15.3 Å². The first-order valence-corrected chi connectivity index (χ1v) is 3.63. The lowest BCUT2D eigenvalue weighted by atomic mass is 10.4. The van der Waals surface area contributed by atoms with E-state index in [1.54, 1.807) is 0 Å². The molecular formula is C6H10N4O. The number of rotatable bonds is 4. The summed E-state index contributed by atoms with van der Waals surface area (Å²) in [5, 5.41) is 6.05. The topological polar surface area (TPSA) is 77.9 Å². The van der Waals surface area contributed by atoms with Crippen LogP contribution in [-0.4, -0.2) is 18.5 Å². The maximum atomic E-state index is 10.9. The highest BCUT2D eigenvalue weighted by Crippen LogP contribution is 2.18. The Morgan fingerprint density at radius 1 is 1.73 bits per heavy atom. The number of hydrogen-bond donors (Lipinski definition) is 1. The summed E-state index contributed by atoms with van der Waals surface area (Å²) in [6.45, 7) is 0.259. The summed E-state index contributed by atoms with van der Waals surface area (Å²) in [6.07, 6.45) is 2.49. The summed E-state index contributed by atoms with van der Waals surface area (Å²) in [5.74, 6) is -0.0140. The van der Waals surface area contributed by atoms with Crippen LogP contribution in [0.1, 0.15) is 19.3 Å². The van der Waals surface area contributed by atoms with Gasteiger partial charge >= 0.3 is 0 Å². The van der Waals surface area contributed by atoms with Crippen LogP contribution < -0.4 is 5.32 Å². The Kier molecular flexibility index (Phi) is 2.74. The van der Waals surface area contributed by atoms with Gasteiger partial charge in [-0.05, 0) is 18.4 Å². The maximum Gasteiger partial charge on any atom is 0.220 e. The summed E-state index contributed by atoms with van der Waals surface area (Å²) < 4.78 is 0. The van der Waals surface area contributed by atoms with Crippen molar-refractivity contribution >= 4 is 5.91 Å². The Labute approximate surface area is 64.4 Å². The number of nitrogens with one attached hydrogen (secondary N) is 1. The van der Waals surface area contributed by atoms with Crippen LogP contribution in [0.15, 0.2) is 5.11 Å². The fourth-order valence-electron chi connectivity index (χ4n) is 0.724. The predicted molar refractivity (Wildman–Crippen MR) is 39.8 cm³/mol. The van der Waals surface area contributed by atoms with Crippen molar-refractivity contribution in [1.29, 1.82) is 0 Å². The highest BCUT2D eigenvalue weighted by Gasteiger charge is 2.22. The average molecular weight is 154 g/mol. The second kappa shape index (κ2) is 3.83. The molecule has 60 valence electrons. The molecule has 0 aliphatic heterocycles. The van der Waals surface area contributed by atoms with E-state index >= 15 is 0 Å². The van der Waals surface area contributed by atoms with Gasteiger partial charge in [-0.25, -0.2) is 0 Å². The van der Waals surface area contributed by atoms with Gasteiger partial charge in [0.1, 0.15) is 0 Å². The minimum atomic E-state index is -0.0140. The molecule has 0 bridgehead atoms. The van der Waals surface area contributed by atoms with E-state index in [1.165, 1.54) is 0 Å². The largest absolute Gasteiger partial charge is 0.353 e. The number of carbonyl (C=O) groups is 1. The molecule has 0 aromatic heterocycles. The van der Waals surface area contributed by atoms with Gasteiger partial charge in [-0.3, -0.25) is 4.79 Å². The Bertz CT molecular complexity index is 193. The molecule has 0 aromatic carbocycles. The van der Waals surface area contributed by atoms with Crippen molar-refractivity contribution in [3.63, 3.8) is 0 Å². The van der Waals surface area contributed by atoms with Crippen molar-refractivity contribution < 1.29 is 4.79 Å². The highest BCUT2D eigenvalue weighted by atomic mass is 16.1. The molecule has 0 aromatic rings. The molecule has 1 amide bonds. The first-order valence-electron chi connectivity index (χ1n) is 3.63. The van der Waals surface area contributed by atoms with Gasteiger partial charge in [-0.2, -0.15) is 0 Å². The van der Waals surface area contributed by atoms with Crippen LogP contribution in [-0.2, 0) is 4.79 Å². The molecule has 11 heavy (non-hydrogen) atoms. The molecule has 0 spiro atoms. The number of carbonyl (C=O) groups excluding carboxylic acids is 1. The SMILES string of the molecule is [N-]=[N+]=NCCC(=O)NC1CC1. The van der Waals surface area contributed by atoms with Gasteiger partial charge in [-0.15, -0.1) is 0 Å². The quantitative estimate of drug-likeness (QED) is 0.365. The van der Waals surface area contributed by atoms with Crippen molar-refractivity contribution in [3.05, 3.63) is 10.4 Å². The standard InChI is InChI=1S/C6H10N4O/c7-10-8-4-3-6(11)9-5-1-2-5/h5H,1-4H2,(H,9,11). The van der Waals surface area contributed by atoms with Crippen LogP contribution >= 0.6 is 0 Å². The van der Waals surface area contributed by atoms with Crippen LogP contribution in [0, 0.1) is 0 Å². The fraction of sp³-hybridized carbons (Fsp3) is 0.833. The summed E-state index contributed by atoms with van der Waals surface area (Å²) in [6, 6.07) is 0.397. The first-order chi connectivity index (χ1) is 5.33. The van der Waals surface area contributed by atoms with E-state index in [9.17, 15) is 4.79 Å². The lowest BCUT2D eigenvalue weighted by Crippen LogP contribution is -2.25. The molecule has 1 aliphatic carbocycles. The van der Waals surface area contributed by atoms with Crippen molar-refractivity contribution in [2.45, 2.75) is 25.3 Å². The van der Waals surface area contributed by atoms with Gasteiger partial charge in [-0.1, -0.05) is 5.11 Å². The van der Waals surface area contributed by atoms with Gasteiger partial charge in [0.15, 0.2) is 0 Å². The van der Waals surface area contributed by atoms with E-state index in [0.29, 0.717) is 12.5 Å². The molecule has 5 heteroatoms. The van der Waals surface area contributed by atoms with E-state index in [4.69, 9.17) is 5.53 Å². The molecule has 0 radical (unpaired) electrons. The van der Waals surface area contributed by atoms with Gasteiger partial charge in [0.2, 0.25) is 5.91 Å². The molecule has 0 saturated heterocycles. The normalized spacial score (nSPS) is 15.3. The third kappa shape index (κ3) is 3.47. The molecule has 0 atom stereocenters. The summed E-state index contributed by atoms with van der Waals surface area (Å²) in [4.78, 5) is 13.4. The molecule has 5 nitrogen and oxygen atoms in total. The van der Waals surface area contributed by atoms with E-state index in [1.807, 2.05) is 0 Å². The number of nitrogens with zero attached hydrogens (tertiary/aromatic N) is 3. The van der Waals surface area contributed by atoms with Gasteiger partial charge in [0.25, 0.3) is 0 Å². The van der Waals surface area contributed by atoms with Crippen LogP contribution in [0.5, 0.6) is 0 Å².